The Hall–Kier alpha value is -1.48. The van der Waals surface area contributed by atoms with Crippen LogP contribution in [0, 0.1) is 0 Å². The van der Waals surface area contributed by atoms with E-state index in [-0.39, 0.29) is 23.4 Å². The van der Waals surface area contributed by atoms with Gasteiger partial charge in [-0.3, -0.25) is 4.57 Å². The largest absolute Gasteiger partial charge is 0.390 e. The molecule has 0 spiro atoms. The minimum atomic E-state index is -0.605. The predicted octanol–water partition coefficient (Wildman–Crippen LogP) is 1.38. The van der Waals surface area contributed by atoms with Crippen molar-refractivity contribution in [3.63, 3.8) is 0 Å². The summed E-state index contributed by atoms with van der Waals surface area (Å²) < 4.78 is 12.5. The monoisotopic (exact) mass is 329 g/mol. The summed E-state index contributed by atoms with van der Waals surface area (Å²) in [4.78, 5) is 12.1. The van der Waals surface area contributed by atoms with Crippen molar-refractivity contribution < 1.29 is 14.6 Å². The highest BCUT2D eigenvalue weighted by Gasteiger charge is 2.35. The number of imidazole rings is 1. The highest BCUT2D eigenvalue weighted by molar-refractivity contribution is 6.28. The van der Waals surface area contributed by atoms with Gasteiger partial charge in [-0.05, 0) is 11.6 Å². The molecule has 3 N–H and O–H groups in total. The molecule has 8 nitrogen and oxygen atoms in total. The smallest absolute Gasteiger partial charge is 0.226 e. The summed E-state index contributed by atoms with van der Waals surface area (Å²) in [5.74, 6) is 0.214. The average molecular weight is 330 g/mol. The Morgan fingerprint density at radius 3 is 2.91 bits per heavy atom. The molecule has 2 aromatic heterocycles. The lowest BCUT2D eigenvalue weighted by atomic mass is 10.2. The quantitative estimate of drug-likeness (QED) is 0.819. The van der Waals surface area contributed by atoms with Crippen LogP contribution in [-0.4, -0.2) is 50.6 Å². The molecule has 0 amide bonds. The number of ether oxygens (including phenoxy) is 2. The number of hydrogen-bond acceptors (Lipinski definition) is 7. The molecule has 9 heteroatoms. The van der Waals surface area contributed by atoms with Gasteiger partial charge in [0.05, 0.1) is 19.0 Å². The van der Waals surface area contributed by atoms with Crippen LogP contribution in [-0.2, 0) is 9.47 Å². The van der Waals surface area contributed by atoms with E-state index >= 15 is 0 Å². The lowest BCUT2D eigenvalue weighted by molar-refractivity contribution is -0.0523. The maximum Gasteiger partial charge on any atom is 0.226 e. The van der Waals surface area contributed by atoms with Gasteiger partial charge in [0, 0.05) is 13.5 Å². The number of rotatable bonds is 3. The molecule has 0 aliphatic carbocycles. The summed E-state index contributed by atoms with van der Waals surface area (Å²) in [7, 11) is 1.56. The Labute approximate surface area is 133 Å². The molecule has 0 unspecified atom stereocenters. The number of nitrogen functional groups attached to an aromatic ring is 1. The number of hydrogen-bond donors (Lipinski definition) is 2. The van der Waals surface area contributed by atoms with Crippen molar-refractivity contribution in [2.75, 3.05) is 19.5 Å². The first kappa shape index (κ1) is 16.9. The van der Waals surface area contributed by atoms with E-state index in [1.165, 1.54) is 0 Å². The maximum atomic E-state index is 9.95. The predicted molar refractivity (Wildman–Crippen MR) is 82.5 cm³/mol. The van der Waals surface area contributed by atoms with E-state index in [0.717, 1.165) is 0 Å². The first-order valence-corrected chi connectivity index (χ1v) is 7.46. The zero-order chi connectivity index (χ0) is 16.3. The van der Waals surface area contributed by atoms with Crippen molar-refractivity contribution in [1.82, 2.24) is 19.5 Å². The second-order valence-electron chi connectivity index (χ2n) is 4.59. The van der Waals surface area contributed by atoms with Gasteiger partial charge in [-0.1, -0.05) is 13.8 Å². The fourth-order valence-corrected chi connectivity index (χ4v) is 2.49. The Morgan fingerprint density at radius 2 is 2.23 bits per heavy atom. The summed E-state index contributed by atoms with van der Waals surface area (Å²) in [5, 5.41) is 9.99. The van der Waals surface area contributed by atoms with Gasteiger partial charge in [0.25, 0.3) is 0 Å². The Balaban J connectivity index is 0.000000847. The molecular formula is C13H20ClN5O3. The number of methoxy groups -OCH3 is 1. The fourth-order valence-electron chi connectivity index (χ4n) is 2.32. The third-order valence-electron chi connectivity index (χ3n) is 3.27. The van der Waals surface area contributed by atoms with Crippen LogP contribution in [0.4, 0.5) is 5.82 Å². The van der Waals surface area contributed by atoms with Gasteiger partial charge in [0.15, 0.2) is 11.5 Å². The Morgan fingerprint density at radius 1 is 1.50 bits per heavy atom. The first-order chi connectivity index (χ1) is 10.6. The van der Waals surface area contributed by atoms with Gasteiger partial charge >= 0.3 is 0 Å². The van der Waals surface area contributed by atoms with Crippen LogP contribution < -0.4 is 5.73 Å². The van der Waals surface area contributed by atoms with E-state index in [9.17, 15) is 5.11 Å². The zero-order valence-electron chi connectivity index (χ0n) is 12.7. The number of nitrogens with zero attached hydrogens (tertiary/aromatic N) is 4. The summed E-state index contributed by atoms with van der Waals surface area (Å²) >= 11 is 5.81. The van der Waals surface area contributed by atoms with Crippen molar-refractivity contribution in [3.05, 3.63) is 11.6 Å². The van der Waals surface area contributed by atoms with Crippen molar-refractivity contribution in [2.45, 2.75) is 38.7 Å². The minimum absolute atomic E-state index is 0.0451. The molecule has 1 aliphatic heterocycles. The van der Waals surface area contributed by atoms with E-state index in [2.05, 4.69) is 15.0 Å². The molecule has 0 bridgehead atoms. The van der Waals surface area contributed by atoms with E-state index in [0.29, 0.717) is 24.2 Å². The maximum absolute atomic E-state index is 9.95. The molecule has 3 atom stereocenters. The van der Waals surface area contributed by atoms with E-state index in [4.69, 9.17) is 26.8 Å². The molecule has 3 heterocycles. The molecule has 1 saturated heterocycles. The van der Waals surface area contributed by atoms with Crippen molar-refractivity contribution in [2.24, 2.45) is 0 Å². The number of fused-ring (bicyclic) bond motifs is 1. The number of halogens is 1. The van der Waals surface area contributed by atoms with Gasteiger partial charge in [-0.15, -0.1) is 0 Å². The van der Waals surface area contributed by atoms with Crippen LogP contribution in [0.1, 0.15) is 26.5 Å². The van der Waals surface area contributed by atoms with Crippen LogP contribution in [0.5, 0.6) is 0 Å². The van der Waals surface area contributed by atoms with Crippen LogP contribution >= 0.6 is 11.6 Å². The summed E-state index contributed by atoms with van der Waals surface area (Å²) in [5.41, 5.74) is 6.69. The summed E-state index contributed by atoms with van der Waals surface area (Å²) in [6.07, 6.45) is 0.601. The van der Waals surface area contributed by atoms with Gasteiger partial charge in [-0.25, -0.2) is 4.98 Å². The molecule has 122 valence electrons. The molecule has 3 rings (SSSR count). The lowest BCUT2D eigenvalue weighted by Gasteiger charge is -2.14. The lowest BCUT2D eigenvalue weighted by Crippen LogP contribution is -2.25. The third-order valence-corrected chi connectivity index (χ3v) is 3.44. The van der Waals surface area contributed by atoms with E-state index in [1.54, 1.807) is 18.0 Å². The number of aliphatic hydroxyl groups excluding tert-OH is 1. The van der Waals surface area contributed by atoms with Gasteiger partial charge in [0.1, 0.15) is 17.8 Å². The molecule has 1 fully saturated rings. The SMILES string of the molecule is CC.COC[C@H]1O[C@@H](n2cnc3c(N)nc(Cl)nc32)C[C@@H]1O. The Bertz CT molecular complexity index is 635. The van der Waals surface area contributed by atoms with E-state index in [1.807, 2.05) is 13.8 Å². The number of aromatic nitrogens is 4. The molecule has 1 aliphatic rings. The third kappa shape index (κ3) is 3.14. The van der Waals surface area contributed by atoms with Gasteiger partial charge < -0.3 is 20.3 Å². The second kappa shape index (κ2) is 7.19. The van der Waals surface area contributed by atoms with Crippen molar-refractivity contribution in [1.29, 1.82) is 0 Å². The molecular weight excluding hydrogens is 310 g/mol. The number of nitrogens with two attached hydrogens (primary N) is 1. The van der Waals surface area contributed by atoms with Crippen LogP contribution in [0.3, 0.4) is 0 Å². The average Bonchev–Trinajstić information content (AvgIpc) is 3.06. The van der Waals surface area contributed by atoms with Crippen molar-refractivity contribution >= 4 is 28.6 Å². The van der Waals surface area contributed by atoms with Gasteiger partial charge in [-0.2, -0.15) is 9.97 Å². The molecule has 0 saturated carbocycles. The number of anilines is 1. The normalized spacial score (nSPS) is 24.3. The molecule has 0 radical (unpaired) electrons. The molecule has 0 aromatic carbocycles. The zero-order valence-corrected chi connectivity index (χ0v) is 13.5. The first-order valence-electron chi connectivity index (χ1n) is 7.08. The molecule has 22 heavy (non-hydrogen) atoms. The fraction of sp³-hybridized carbons (Fsp3) is 0.615. The minimum Gasteiger partial charge on any atom is -0.390 e. The number of aliphatic hydroxyl groups is 1. The summed E-state index contributed by atoms with van der Waals surface area (Å²) in [6, 6.07) is 0. The van der Waals surface area contributed by atoms with Crippen LogP contribution in [0.15, 0.2) is 6.33 Å². The standard InChI is InChI=1S/C11H14ClN5O3.C2H6/c1-19-3-6-5(18)2-7(20-6)17-4-14-8-9(13)15-11(12)16-10(8)17;1-2/h4-7,18H,2-3H2,1H3,(H2,13,15,16);1-2H3/t5-,6+,7+;/m0./s1. The van der Waals surface area contributed by atoms with E-state index < -0.39 is 6.10 Å². The molecule has 2 aromatic rings. The Kier molecular flexibility index (Phi) is 5.52. The van der Waals surface area contributed by atoms with Crippen LogP contribution in [0.25, 0.3) is 11.2 Å². The van der Waals surface area contributed by atoms with Crippen molar-refractivity contribution in [3.8, 4) is 0 Å². The highest BCUT2D eigenvalue weighted by atomic mass is 35.5. The summed E-state index contributed by atoms with van der Waals surface area (Å²) in [6.45, 7) is 4.32. The van der Waals surface area contributed by atoms with Crippen LogP contribution in [0.2, 0.25) is 5.28 Å². The van der Waals surface area contributed by atoms with Gasteiger partial charge in [0.2, 0.25) is 5.28 Å². The highest BCUT2D eigenvalue weighted by Crippen LogP contribution is 2.31. The topological polar surface area (TPSA) is 108 Å². The second-order valence-corrected chi connectivity index (χ2v) is 4.93.